The minimum atomic E-state index is -0.718. The number of aryl methyl sites for hydroxylation is 1. The molecule has 0 bridgehead atoms. The third-order valence-electron chi connectivity index (χ3n) is 4.99. The van der Waals surface area contributed by atoms with Gasteiger partial charge in [0.05, 0.1) is 35.8 Å². The van der Waals surface area contributed by atoms with Crippen molar-refractivity contribution in [3.63, 3.8) is 0 Å². The van der Waals surface area contributed by atoms with Gasteiger partial charge >= 0.3 is 5.97 Å². The molecule has 29 heavy (non-hydrogen) atoms. The normalized spacial score (nSPS) is 18.2. The maximum absolute atomic E-state index is 13.2. The van der Waals surface area contributed by atoms with Gasteiger partial charge in [-0.2, -0.15) is 5.26 Å². The van der Waals surface area contributed by atoms with Crippen molar-refractivity contribution >= 4 is 23.6 Å². The summed E-state index contributed by atoms with van der Waals surface area (Å²) in [6.45, 7) is 1.95. The average molecular weight is 403 g/mol. The summed E-state index contributed by atoms with van der Waals surface area (Å²) in [4.78, 5) is 27.8. The number of esters is 1. The Morgan fingerprint density at radius 3 is 2.55 bits per heavy atom. The van der Waals surface area contributed by atoms with Crippen molar-refractivity contribution < 1.29 is 14.3 Å². The SMILES string of the molecule is COC(=O)C1=C(N)N2C(=O)c3ccccc3SC2=C(C#N)C1c1ccc(C)cc1. The predicted molar refractivity (Wildman–Crippen MR) is 108 cm³/mol. The average Bonchev–Trinajstić information content (AvgIpc) is 2.73. The van der Waals surface area contributed by atoms with E-state index in [0.717, 1.165) is 16.0 Å². The molecular formula is C22H17N3O3S. The van der Waals surface area contributed by atoms with Crippen molar-refractivity contribution in [1.82, 2.24) is 4.90 Å². The molecule has 6 nitrogen and oxygen atoms in total. The molecule has 1 atom stereocenters. The van der Waals surface area contributed by atoms with Crippen molar-refractivity contribution in [2.24, 2.45) is 5.73 Å². The van der Waals surface area contributed by atoms with E-state index in [1.54, 1.807) is 12.1 Å². The zero-order valence-electron chi connectivity index (χ0n) is 15.8. The number of hydrogen-bond acceptors (Lipinski definition) is 6. The zero-order valence-corrected chi connectivity index (χ0v) is 16.6. The highest BCUT2D eigenvalue weighted by Gasteiger charge is 2.44. The Bertz CT molecular complexity index is 1140. The van der Waals surface area contributed by atoms with Gasteiger partial charge in [-0.25, -0.2) is 4.79 Å². The second kappa shape index (κ2) is 7.15. The number of nitrogens with two attached hydrogens (primary N) is 1. The Morgan fingerprint density at radius 2 is 1.90 bits per heavy atom. The van der Waals surface area contributed by atoms with Crippen LogP contribution in [0.25, 0.3) is 0 Å². The molecular weight excluding hydrogens is 386 g/mol. The number of hydrogen-bond donors (Lipinski definition) is 1. The summed E-state index contributed by atoms with van der Waals surface area (Å²) in [5.74, 6) is -1.77. The van der Waals surface area contributed by atoms with Crippen molar-refractivity contribution in [1.29, 1.82) is 5.26 Å². The number of carbonyl (C=O) groups excluding carboxylic acids is 2. The van der Waals surface area contributed by atoms with E-state index < -0.39 is 11.9 Å². The number of allylic oxidation sites excluding steroid dienone is 1. The van der Waals surface area contributed by atoms with Crippen LogP contribution in [0, 0.1) is 18.3 Å². The van der Waals surface area contributed by atoms with Crippen LogP contribution >= 0.6 is 11.8 Å². The van der Waals surface area contributed by atoms with Gasteiger partial charge in [0.15, 0.2) is 0 Å². The van der Waals surface area contributed by atoms with Gasteiger partial charge in [0.1, 0.15) is 10.9 Å². The van der Waals surface area contributed by atoms with Crippen LogP contribution in [0.4, 0.5) is 0 Å². The molecule has 4 rings (SSSR count). The summed E-state index contributed by atoms with van der Waals surface area (Å²) in [5, 5.41) is 10.5. The predicted octanol–water partition coefficient (Wildman–Crippen LogP) is 3.42. The fourth-order valence-corrected chi connectivity index (χ4v) is 4.73. The molecule has 7 heteroatoms. The lowest BCUT2D eigenvalue weighted by molar-refractivity contribution is -0.136. The molecule has 2 N–H and O–H groups in total. The molecule has 2 heterocycles. The van der Waals surface area contributed by atoms with E-state index in [2.05, 4.69) is 6.07 Å². The molecule has 2 aromatic rings. The van der Waals surface area contributed by atoms with Crippen LogP contribution in [-0.4, -0.2) is 23.9 Å². The number of methoxy groups -OCH3 is 1. The highest BCUT2D eigenvalue weighted by Crippen LogP contribution is 2.49. The van der Waals surface area contributed by atoms with Gasteiger partial charge < -0.3 is 10.5 Å². The minimum absolute atomic E-state index is 0.0107. The summed E-state index contributed by atoms with van der Waals surface area (Å²) in [7, 11) is 1.25. The molecule has 2 aliphatic rings. The summed E-state index contributed by atoms with van der Waals surface area (Å²) in [6, 6.07) is 16.9. The number of fused-ring (bicyclic) bond motifs is 2. The largest absolute Gasteiger partial charge is 0.466 e. The molecule has 0 aromatic heterocycles. The summed E-state index contributed by atoms with van der Waals surface area (Å²) in [6.07, 6.45) is 0. The first-order valence-corrected chi connectivity index (χ1v) is 9.69. The Kier molecular flexibility index (Phi) is 4.65. The van der Waals surface area contributed by atoms with Crippen LogP contribution in [0.15, 0.2) is 75.4 Å². The van der Waals surface area contributed by atoms with E-state index in [0.29, 0.717) is 10.6 Å². The molecule has 0 spiro atoms. The van der Waals surface area contributed by atoms with E-state index in [1.165, 1.54) is 23.8 Å². The highest BCUT2D eigenvalue weighted by atomic mass is 32.2. The first-order chi connectivity index (χ1) is 14.0. The van der Waals surface area contributed by atoms with Gasteiger partial charge in [-0.3, -0.25) is 9.69 Å². The fraction of sp³-hybridized carbons (Fsp3) is 0.136. The first kappa shape index (κ1) is 18.8. The van der Waals surface area contributed by atoms with Crippen LogP contribution in [0.3, 0.4) is 0 Å². The molecule has 0 fully saturated rings. The van der Waals surface area contributed by atoms with E-state index in [4.69, 9.17) is 10.5 Å². The Morgan fingerprint density at radius 1 is 1.21 bits per heavy atom. The Balaban J connectivity index is 2.00. The van der Waals surface area contributed by atoms with Gasteiger partial charge in [-0.05, 0) is 24.6 Å². The lowest BCUT2D eigenvalue weighted by Crippen LogP contribution is -2.42. The molecule has 0 saturated heterocycles. The number of benzene rings is 2. The van der Waals surface area contributed by atoms with Gasteiger partial charge in [-0.1, -0.05) is 53.7 Å². The number of amides is 1. The van der Waals surface area contributed by atoms with Crippen molar-refractivity contribution in [3.8, 4) is 6.07 Å². The van der Waals surface area contributed by atoms with Crippen LogP contribution in [0.1, 0.15) is 27.4 Å². The number of nitrogens with zero attached hydrogens (tertiary/aromatic N) is 2. The van der Waals surface area contributed by atoms with Crippen molar-refractivity contribution in [2.75, 3.05) is 7.11 Å². The molecule has 2 aliphatic heterocycles. The summed E-state index contributed by atoms with van der Waals surface area (Å²) in [5.41, 5.74) is 8.98. The monoisotopic (exact) mass is 403 g/mol. The lowest BCUT2D eigenvalue weighted by Gasteiger charge is -2.38. The van der Waals surface area contributed by atoms with E-state index in [9.17, 15) is 14.9 Å². The smallest absolute Gasteiger partial charge is 0.338 e. The molecule has 2 aromatic carbocycles. The number of nitriles is 1. The fourth-order valence-electron chi connectivity index (χ4n) is 3.56. The molecule has 1 amide bonds. The maximum Gasteiger partial charge on any atom is 0.338 e. The zero-order chi connectivity index (χ0) is 20.7. The Labute approximate surface area is 172 Å². The first-order valence-electron chi connectivity index (χ1n) is 8.88. The number of thioether (sulfide) groups is 1. The topological polar surface area (TPSA) is 96.4 Å². The van der Waals surface area contributed by atoms with Gasteiger partial charge in [0, 0.05) is 4.90 Å². The lowest BCUT2D eigenvalue weighted by atomic mass is 9.82. The van der Waals surface area contributed by atoms with Crippen LogP contribution < -0.4 is 5.73 Å². The van der Waals surface area contributed by atoms with Crippen LogP contribution in [-0.2, 0) is 9.53 Å². The van der Waals surface area contributed by atoms with Gasteiger partial charge in [-0.15, -0.1) is 0 Å². The van der Waals surface area contributed by atoms with E-state index in [1.807, 2.05) is 43.3 Å². The molecule has 1 unspecified atom stereocenters. The minimum Gasteiger partial charge on any atom is -0.466 e. The highest BCUT2D eigenvalue weighted by molar-refractivity contribution is 8.03. The molecule has 0 saturated carbocycles. The Hall–Kier alpha value is -3.50. The second-order valence-corrected chi connectivity index (χ2v) is 7.73. The quantitative estimate of drug-likeness (QED) is 0.772. The van der Waals surface area contributed by atoms with Crippen molar-refractivity contribution in [3.05, 3.63) is 87.2 Å². The van der Waals surface area contributed by atoms with Gasteiger partial charge in [0.2, 0.25) is 0 Å². The summed E-state index contributed by atoms with van der Waals surface area (Å²) < 4.78 is 4.96. The van der Waals surface area contributed by atoms with Gasteiger partial charge in [0.25, 0.3) is 5.91 Å². The standard InChI is InChI=1S/C22H17N3O3S/c1-12-7-9-13(10-8-12)17-15(11-23)21-25(19(24)18(17)22(27)28-2)20(26)14-5-3-4-6-16(14)29-21/h3-10,17H,24H2,1-2H3. The molecule has 0 aliphatic carbocycles. The van der Waals surface area contributed by atoms with Crippen LogP contribution in [0.2, 0.25) is 0 Å². The second-order valence-electron chi connectivity index (χ2n) is 6.70. The van der Waals surface area contributed by atoms with E-state index >= 15 is 0 Å². The van der Waals surface area contributed by atoms with Crippen molar-refractivity contribution in [2.45, 2.75) is 17.7 Å². The molecule has 0 radical (unpaired) electrons. The maximum atomic E-state index is 13.2. The number of rotatable bonds is 2. The van der Waals surface area contributed by atoms with Crippen LogP contribution in [0.5, 0.6) is 0 Å². The summed E-state index contributed by atoms with van der Waals surface area (Å²) >= 11 is 1.30. The van der Waals surface area contributed by atoms with E-state index in [-0.39, 0.29) is 22.9 Å². The number of ether oxygens (including phenoxy) is 1. The molecule has 144 valence electrons. The number of carbonyl (C=O) groups is 2. The third kappa shape index (κ3) is 2.89. The third-order valence-corrected chi connectivity index (χ3v) is 6.16.